The van der Waals surface area contributed by atoms with E-state index >= 15 is 0 Å². The zero-order valence-corrected chi connectivity index (χ0v) is 14.6. The molecule has 0 spiro atoms. The minimum atomic E-state index is -0.913. The number of amides is 3. The topological polar surface area (TPSA) is 129 Å². The third-order valence-electron chi connectivity index (χ3n) is 3.67. The normalized spacial score (nSPS) is 13.0. The summed E-state index contributed by atoms with van der Waals surface area (Å²) in [6, 6.07) is 4.46. The van der Waals surface area contributed by atoms with E-state index in [4.69, 9.17) is 19.9 Å². The Kier molecular flexibility index (Phi) is 7.07. The van der Waals surface area contributed by atoms with Gasteiger partial charge < -0.3 is 30.6 Å². The molecule has 0 saturated carbocycles. The third kappa shape index (κ3) is 6.15. The monoisotopic (exact) mass is 365 g/mol. The number of unbranched alkanes of at least 4 members (excludes halogenated alkanes) is 2. The Hall–Kier alpha value is -2.97. The molecule has 4 N–H and O–H groups in total. The molecule has 0 radical (unpaired) electrons. The number of esters is 1. The van der Waals surface area contributed by atoms with Gasteiger partial charge in [-0.3, -0.25) is 9.59 Å². The van der Waals surface area contributed by atoms with Crippen LogP contribution in [0.25, 0.3) is 0 Å². The van der Waals surface area contributed by atoms with Gasteiger partial charge in [-0.2, -0.15) is 0 Å². The van der Waals surface area contributed by atoms with Crippen molar-refractivity contribution in [3.05, 3.63) is 18.2 Å². The van der Waals surface area contributed by atoms with Crippen molar-refractivity contribution in [3.8, 4) is 11.5 Å². The van der Waals surface area contributed by atoms with Crippen LogP contribution in [0.1, 0.15) is 32.6 Å². The number of benzene rings is 1. The lowest BCUT2D eigenvalue weighted by Crippen LogP contribution is -2.30. The molecule has 1 aliphatic heterocycles. The Morgan fingerprint density at radius 1 is 1.19 bits per heavy atom. The van der Waals surface area contributed by atoms with Crippen LogP contribution in [-0.4, -0.2) is 37.3 Å². The summed E-state index contributed by atoms with van der Waals surface area (Å²) < 4.78 is 15.6. The Labute approximate surface area is 151 Å². The average Bonchev–Trinajstić information content (AvgIpc) is 3.05. The lowest BCUT2D eigenvalue weighted by atomic mass is 10.2. The Balaban J connectivity index is 1.66. The minimum absolute atomic E-state index is 0.152. The molecule has 0 aromatic heterocycles. The van der Waals surface area contributed by atoms with Crippen LogP contribution < -0.4 is 25.8 Å². The second-order valence-electron chi connectivity index (χ2n) is 5.79. The zero-order chi connectivity index (χ0) is 18.9. The number of primary amides is 1. The maximum Gasteiger partial charge on any atom is 0.312 e. The summed E-state index contributed by atoms with van der Waals surface area (Å²) in [5.41, 5.74) is 5.48. The van der Waals surface area contributed by atoms with Crippen LogP contribution in [0.5, 0.6) is 11.5 Å². The van der Waals surface area contributed by atoms with Crippen LogP contribution in [-0.2, 0) is 14.3 Å². The maximum atomic E-state index is 12.1. The Morgan fingerprint density at radius 2 is 1.96 bits per heavy atom. The molecule has 1 heterocycles. The van der Waals surface area contributed by atoms with Gasteiger partial charge >= 0.3 is 12.0 Å². The number of anilines is 1. The second kappa shape index (κ2) is 9.50. The molecule has 0 saturated heterocycles. The summed E-state index contributed by atoms with van der Waals surface area (Å²) in [6.07, 6.45) is 1.36. The van der Waals surface area contributed by atoms with Gasteiger partial charge in [-0.05, 0) is 31.9 Å². The Bertz CT molecular complexity index is 664. The molecule has 1 aromatic carbocycles. The highest BCUT2D eigenvalue weighted by Crippen LogP contribution is 2.34. The highest BCUT2D eigenvalue weighted by Gasteiger charge is 2.19. The molecule has 3 amide bonds. The molecule has 9 heteroatoms. The summed E-state index contributed by atoms with van der Waals surface area (Å²) in [4.78, 5) is 34.4. The van der Waals surface area contributed by atoms with Crippen molar-refractivity contribution in [1.29, 1.82) is 0 Å². The lowest BCUT2D eigenvalue weighted by Gasteiger charge is -2.13. The van der Waals surface area contributed by atoms with Crippen LogP contribution in [0, 0.1) is 0 Å². The first-order valence-electron chi connectivity index (χ1n) is 8.39. The van der Waals surface area contributed by atoms with Gasteiger partial charge in [0.2, 0.25) is 6.79 Å². The molecule has 1 aliphatic rings. The van der Waals surface area contributed by atoms with E-state index in [-0.39, 0.29) is 13.2 Å². The van der Waals surface area contributed by atoms with Crippen LogP contribution in [0.2, 0.25) is 0 Å². The highest BCUT2D eigenvalue weighted by atomic mass is 16.7. The van der Waals surface area contributed by atoms with E-state index in [9.17, 15) is 14.4 Å². The third-order valence-corrected chi connectivity index (χ3v) is 3.67. The molecule has 1 atom stereocenters. The summed E-state index contributed by atoms with van der Waals surface area (Å²) >= 11 is 0. The second-order valence-corrected chi connectivity index (χ2v) is 5.79. The van der Waals surface area contributed by atoms with Crippen molar-refractivity contribution in [2.24, 2.45) is 5.73 Å². The first-order valence-corrected chi connectivity index (χ1v) is 8.39. The van der Waals surface area contributed by atoms with Gasteiger partial charge in [0.25, 0.3) is 5.91 Å². The molecule has 9 nitrogen and oxygen atoms in total. The van der Waals surface area contributed by atoms with E-state index in [1.54, 1.807) is 18.2 Å². The first kappa shape index (κ1) is 19.4. The van der Waals surface area contributed by atoms with Gasteiger partial charge in [0, 0.05) is 24.7 Å². The van der Waals surface area contributed by atoms with Crippen LogP contribution in [0.3, 0.4) is 0 Å². The zero-order valence-electron chi connectivity index (χ0n) is 14.6. The van der Waals surface area contributed by atoms with Crippen molar-refractivity contribution in [3.63, 3.8) is 0 Å². The molecule has 0 fully saturated rings. The molecule has 0 bridgehead atoms. The largest absolute Gasteiger partial charge is 0.454 e. The van der Waals surface area contributed by atoms with E-state index in [0.717, 1.165) is 12.8 Å². The fourth-order valence-electron chi connectivity index (χ4n) is 2.31. The van der Waals surface area contributed by atoms with Crippen molar-refractivity contribution in [2.75, 3.05) is 18.7 Å². The molecule has 1 aromatic rings. The maximum absolute atomic E-state index is 12.1. The number of nitrogens with two attached hydrogens (primary N) is 1. The first-order chi connectivity index (χ1) is 12.5. The van der Waals surface area contributed by atoms with Gasteiger partial charge in [-0.15, -0.1) is 0 Å². The van der Waals surface area contributed by atoms with E-state index in [1.807, 2.05) is 0 Å². The van der Waals surface area contributed by atoms with Crippen LogP contribution in [0.4, 0.5) is 10.5 Å². The van der Waals surface area contributed by atoms with Gasteiger partial charge in [-0.1, -0.05) is 6.42 Å². The van der Waals surface area contributed by atoms with Gasteiger partial charge in [0.1, 0.15) is 0 Å². The van der Waals surface area contributed by atoms with Gasteiger partial charge in [0.15, 0.2) is 17.6 Å². The quantitative estimate of drug-likeness (QED) is 0.449. The van der Waals surface area contributed by atoms with E-state index in [1.165, 1.54) is 6.92 Å². The van der Waals surface area contributed by atoms with Crippen molar-refractivity contribution in [1.82, 2.24) is 5.32 Å². The summed E-state index contributed by atoms with van der Waals surface area (Å²) in [6.45, 7) is 2.13. The minimum Gasteiger partial charge on any atom is -0.454 e. The number of hydrogen-bond acceptors (Lipinski definition) is 6. The van der Waals surface area contributed by atoms with Gasteiger partial charge in [-0.25, -0.2) is 4.79 Å². The van der Waals surface area contributed by atoms with Crippen LogP contribution in [0.15, 0.2) is 18.2 Å². The SMILES string of the molecule is C[C@@H](OC(=O)CCCCCNC(N)=O)C(=O)Nc1ccc2c(c1)OCO2. The smallest absolute Gasteiger partial charge is 0.312 e. The molecule has 142 valence electrons. The number of carbonyl (C=O) groups is 3. The van der Waals surface area contributed by atoms with E-state index < -0.39 is 24.0 Å². The fourth-order valence-corrected chi connectivity index (χ4v) is 2.31. The van der Waals surface area contributed by atoms with Crippen molar-refractivity contribution >= 4 is 23.6 Å². The molecular formula is C17H23N3O6. The number of carbonyl (C=O) groups excluding carboxylic acids is 3. The summed E-state index contributed by atoms with van der Waals surface area (Å²) in [5.74, 6) is 0.302. The fraction of sp³-hybridized carbons (Fsp3) is 0.471. The van der Waals surface area contributed by atoms with E-state index in [0.29, 0.717) is 30.2 Å². The Morgan fingerprint density at radius 3 is 2.73 bits per heavy atom. The number of nitrogens with one attached hydrogen (secondary N) is 2. The van der Waals surface area contributed by atoms with Gasteiger partial charge in [0.05, 0.1) is 0 Å². The molecule has 0 unspecified atom stereocenters. The highest BCUT2D eigenvalue weighted by molar-refractivity contribution is 5.95. The standard InChI is InChI=1S/C17H23N3O6/c1-11(26-15(21)5-3-2-4-8-19-17(18)23)16(22)20-12-6-7-13-14(9-12)25-10-24-13/h6-7,9,11H,2-5,8,10H2,1H3,(H,20,22)(H3,18,19,23)/t11-/m1/s1. The number of hydrogen-bond donors (Lipinski definition) is 3. The van der Waals surface area contributed by atoms with Crippen LogP contribution >= 0.6 is 0 Å². The number of ether oxygens (including phenoxy) is 3. The number of fused-ring (bicyclic) bond motifs is 1. The van der Waals surface area contributed by atoms with Crippen molar-refractivity contribution in [2.45, 2.75) is 38.7 Å². The number of rotatable bonds is 9. The molecule has 0 aliphatic carbocycles. The average molecular weight is 365 g/mol. The molecule has 26 heavy (non-hydrogen) atoms. The summed E-state index contributed by atoms with van der Waals surface area (Å²) in [7, 11) is 0. The number of urea groups is 1. The summed E-state index contributed by atoms with van der Waals surface area (Å²) in [5, 5.41) is 5.14. The molecule has 2 rings (SSSR count). The van der Waals surface area contributed by atoms with Crippen molar-refractivity contribution < 1.29 is 28.6 Å². The van der Waals surface area contributed by atoms with E-state index in [2.05, 4.69) is 10.6 Å². The predicted molar refractivity (Wildman–Crippen MR) is 92.8 cm³/mol. The molecular weight excluding hydrogens is 342 g/mol. The lowest BCUT2D eigenvalue weighted by molar-refractivity contribution is -0.153. The predicted octanol–water partition coefficient (Wildman–Crippen LogP) is 1.51.